The lowest BCUT2D eigenvalue weighted by Gasteiger charge is -2.21. The van der Waals surface area contributed by atoms with Crippen molar-refractivity contribution in [2.75, 3.05) is 6.61 Å². The molecule has 3 unspecified atom stereocenters. The van der Waals surface area contributed by atoms with Crippen LogP contribution < -0.4 is 5.32 Å². The van der Waals surface area contributed by atoms with E-state index in [9.17, 15) is 20.1 Å². The SMILES string of the molecule is CCCCCCCCCCCCCCCCCCCCC/C=C/C(O)C(CO)NC(=O)CC(O)CCCCCCCCCCCCCCCCCC. The van der Waals surface area contributed by atoms with E-state index in [-0.39, 0.29) is 18.9 Å². The standard InChI is InChI=1S/C47H93NO4/c1-3-5-7-9-11-13-15-17-19-21-22-23-24-25-27-29-31-33-35-37-39-41-46(51)45(43-49)48-47(52)42-44(50)40-38-36-34-32-30-28-26-20-18-16-14-12-10-8-6-4-2/h39,41,44-46,49-51H,3-38,40,42-43H2,1-2H3,(H,48,52)/b41-39+. The molecule has 5 nitrogen and oxygen atoms in total. The van der Waals surface area contributed by atoms with Crippen LogP contribution in [-0.2, 0) is 4.79 Å². The molecule has 310 valence electrons. The second-order valence-corrected chi connectivity index (χ2v) is 16.4. The van der Waals surface area contributed by atoms with E-state index in [2.05, 4.69) is 19.2 Å². The first kappa shape index (κ1) is 51.1. The van der Waals surface area contributed by atoms with Gasteiger partial charge in [-0.25, -0.2) is 0 Å². The van der Waals surface area contributed by atoms with Gasteiger partial charge in [-0.3, -0.25) is 4.79 Å². The number of aliphatic hydroxyl groups excluding tert-OH is 3. The van der Waals surface area contributed by atoms with Gasteiger partial charge in [0.25, 0.3) is 0 Å². The summed E-state index contributed by atoms with van der Waals surface area (Å²) in [6.07, 6.45) is 50.7. The van der Waals surface area contributed by atoms with Crippen LogP contribution in [0.4, 0.5) is 0 Å². The predicted molar refractivity (Wildman–Crippen MR) is 227 cm³/mol. The molecule has 0 aliphatic carbocycles. The molecule has 0 spiro atoms. The van der Waals surface area contributed by atoms with Crippen molar-refractivity contribution in [3.05, 3.63) is 12.2 Å². The number of unbranched alkanes of at least 4 members (excludes halogenated alkanes) is 34. The third-order valence-electron chi connectivity index (χ3n) is 11.1. The molecule has 0 heterocycles. The molecule has 0 aromatic rings. The second kappa shape index (κ2) is 42.8. The van der Waals surface area contributed by atoms with Gasteiger partial charge >= 0.3 is 0 Å². The number of hydrogen-bond acceptors (Lipinski definition) is 4. The topological polar surface area (TPSA) is 89.8 Å². The molecule has 0 saturated carbocycles. The number of amides is 1. The first-order chi connectivity index (χ1) is 25.5. The Labute approximate surface area is 325 Å². The van der Waals surface area contributed by atoms with Gasteiger partial charge in [0, 0.05) is 0 Å². The smallest absolute Gasteiger partial charge is 0.222 e. The van der Waals surface area contributed by atoms with Crippen LogP contribution in [0.15, 0.2) is 12.2 Å². The van der Waals surface area contributed by atoms with Crippen LogP contribution in [0.2, 0.25) is 0 Å². The van der Waals surface area contributed by atoms with E-state index in [0.29, 0.717) is 6.42 Å². The highest BCUT2D eigenvalue weighted by Crippen LogP contribution is 2.17. The Kier molecular flexibility index (Phi) is 42.1. The summed E-state index contributed by atoms with van der Waals surface area (Å²) < 4.78 is 0. The minimum Gasteiger partial charge on any atom is -0.394 e. The quantitative estimate of drug-likeness (QED) is 0.0371. The fraction of sp³-hybridized carbons (Fsp3) is 0.936. The van der Waals surface area contributed by atoms with E-state index in [1.165, 1.54) is 205 Å². The number of allylic oxidation sites excluding steroid dienone is 1. The van der Waals surface area contributed by atoms with E-state index >= 15 is 0 Å². The Morgan fingerprint density at radius 1 is 0.481 bits per heavy atom. The molecule has 0 fully saturated rings. The zero-order chi connectivity index (χ0) is 38.0. The molecule has 0 saturated heterocycles. The first-order valence-corrected chi connectivity index (χ1v) is 23.5. The van der Waals surface area contributed by atoms with Crippen molar-refractivity contribution in [2.24, 2.45) is 0 Å². The van der Waals surface area contributed by atoms with Crippen molar-refractivity contribution in [1.29, 1.82) is 0 Å². The van der Waals surface area contributed by atoms with E-state index in [1.807, 2.05) is 6.08 Å². The van der Waals surface area contributed by atoms with Crippen LogP contribution in [0.25, 0.3) is 0 Å². The highest BCUT2D eigenvalue weighted by atomic mass is 16.3. The largest absolute Gasteiger partial charge is 0.394 e. The Hall–Kier alpha value is -0.910. The van der Waals surface area contributed by atoms with E-state index < -0.39 is 18.2 Å². The van der Waals surface area contributed by atoms with Crippen molar-refractivity contribution in [1.82, 2.24) is 5.32 Å². The Balaban J connectivity index is 3.61. The molecule has 0 rings (SSSR count). The molecule has 0 bridgehead atoms. The Morgan fingerprint density at radius 2 is 0.788 bits per heavy atom. The third-order valence-corrected chi connectivity index (χ3v) is 11.1. The number of hydrogen-bond donors (Lipinski definition) is 4. The third kappa shape index (κ3) is 38.8. The van der Waals surface area contributed by atoms with E-state index in [4.69, 9.17) is 0 Å². The van der Waals surface area contributed by atoms with Gasteiger partial charge in [-0.15, -0.1) is 0 Å². The summed E-state index contributed by atoms with van der Waals surface area (Å²) in [4.78, 5) is 12.4. The molecular weight excluding hydrogens is 643 g/mol. The monoisotopic (exact) mass is 736 g/mol. The lowest BCUT2D eigenvalue weighted by Crippen LogP contribution is -2.45. The van der Waals surface area contributed by atoms with Gasteiger partial charge in [0.15, 0.2) is 0 Å². The minimum atomic E-state index is -0.924. The van der Waals surface area contributed by atoms with Crippen molar-refractivity contribution in [2.45, 2.75) is 276 Å². The maximum atomic E-state index is 12.4. The lowest BCUT2D eigenvalue weighted by atomic mass is 10.0. The molecule has 1 amide bonds. The van der Waals surface area contributed by atoms with Crippen molar-refractivity contribution in [3.8, 4) is 0 Å². The van der Waals surface area contributed by atoms with Gasteiger partial charge in [0.1, 0.15) is 0 Å². The number of aliphatic hydroxyl groups is 3. The maximum absolute atomic E-state index is 12.4. The van der Waals surface area contributed by atoms with Crippen LogP contribution in [0, 0.1) is 0 Å². The number of nitrogens with one attached hydrogen (secondary N) is 1. The molecule has 4 N–H and O–H groups in total. The van der Waals surface area contributed by atoms with Gasteiger partial charge in [0.2, 0.25) is 5.91 Å². The van der Waals surface area contributed by atoms with Crippen molar-refractivity contribution < 1.29 is 20.1 Å². The summed E-state index contributed by atoms with van der Waals surface area (Å²) in [5.74, 6) is -0.311. The fourth-order valence-corrected chi connectivity index (χ4v) is 7.46. The molecular formula is C47H93NO4. The summed E-state index contributed by atoms with van der Waals surface area (Å²) in [5, 5.41) is 33.3. The first-order valence-electron chi connectivity index (χ1n) is 23.5. The average Bonchev–Trinajstić information content (AvgIpc) is 3.14. The van der Waals surface area contributed by atoms with Crippen molar-refractivity contribution in [3.63, 3.8) is 0 Å². The Morgan fingerprint density at radius 3 is 1.12 bits per heavy atom. The molecule has 0 aliphatic rings. The highest BCUT2D eigenvalue weighted by molar-refractivity contribution is 5.76. The number of carbonyl (C=O) groups is 1. The van der Waals surface area contributed by atoms with Crippen LogP contribution >= 0.6 is 0 Å². The van der Waals surface area contributed by atoms with E-state index in [0.717, 1.165) is 25.7 Å². The summed E-state index contributed by atoms with van der Waals surface area (Å²) in [7, 11) is 0. The van der Waals surface area contributed by atoms with Crippen LogP contribution in [-0.4, -0.2) is 46.1 Å². The molecule has 3 atom stereocenters. The Bertz CT molecular complexity index is 728. The summed E-state index contributed by atoms with van der Waals surface area (Å²) in [5.41, 5.74) is 0. The van der Waals surface area contributed by atoms with Gasteiger partial charge in [-0.2, -0.15) is 0 Å². The van der Waals surface area contributed by atoms with Gasteiger partial charge in [-0.05, 0) is 19.3 Å². The van der Waals surface area contributed by atoms with Gasteiger partial charge in [-0.1, -0.05) is 244 Å². The second-order valence-electron chi connectivity index (χ2n) is 16.4. The highest BCUT2D eigenvalue weighted by Gasteiger charge is 2.20. The maximum Gasteiger partial charge on any atom is 0.222 e. The predicted octanol–water partition coefficient (Wildman–Crippen LogP) is 13.6. The van der Waals surface area contributed by atoms with Crippen LogP contribution in [0.3, 0.4) is 0 Å². The molecule has 5 heteroatoms. The van der Waals surface area contributed by atoms with E-state index in [1.54, 1.807) is 6.08 Å². The zero-order valence-electron chi connectivity index (χ0n) is 35.2. The molecule has 0 aliphatic heterocycles. The summed E-state index contributed by atoms with van der Waals surface area (Å²) in [6.45, 7) is 4.24. The van der Waals surface area contributed by atoms with Gasteiger partial charge in [0.05, 0.1) is 31.3 Å². The zero-order valence-corrected chi connectivity index (χ0v) is 35.2. The van der Waals surface area contributed by atoms with Gasteiger partial charge < -0.3 is 20.6 Å². The molecule has 0 aromatic heterocycles. The molecule has 0 aromatic carbocycles. The molecule has 0 radical (unpaired) electrons. The normalized spacial score (nSPS) is 13.6. The number of rotatable bonds is 43. The minimum absolute atomic E-state index is 0.0189. The van der Waals surface area contributed by atoms with Crippen LogP contribution in [0.1, 0.15) is 258 Å². The van der Waals surface area contributed by atoms with Crippen LogP contribution in [0.5, 0.6) is 0 Å². The number of carbonyl (C=O) groups excluding carboxylic acids is 1. The molecule has 52 heavy (non-hydrogen) atoms. The summed E-state index contributed by atoms with van der Waals surface area (Å²) >= 11 is 0. The summed E-state index contributed by atoms with van der Waals surface area (Å²) in [6, 6.07) is -0.739. The average molecular weight is 736 g/mol. The fourth-order valence-electron chi connectivity index (χ4n) is 7.46. The lowest BCUT2D eigenvalue weighted by molar-refractivity contribution is -0.124. The van der Waals surface area contributed by atoms with Crippen molar-refractivity contribution >= 4 is 5.91 Å².